The molecule has 0 saturated heterocycles. The van der Waals surface area contributed by atoms with Crippen molar-refractivity contribution in [3.8, 4) is 22.5 Å². The van der Waals surface area contributed by atoms with Crippen LogP contribution in [0, 0.1) is 0 Å². The Kier molecular flexibility index (Phi) is 5.13. The zero-order valence-electron chi connectivity index (χ0n) is 19.4. The summed E-state index contributed by atoms with van der Waals surface area (Å²) in [7, 11) is 0. The highest BCUT2D eigenvalue weighted by atomic mass is 35.5. The molecule has 0 atom stereocenters. The van der Waals surface area contributed by atoms with Crippen LogP contribution in [-0.4, -0.2) is 31.6 Å². The lowest BCUT2D eigenvalue weighted by Crippen LogP contribution is -2.09. The highest BCUT2D eigenvalue weighted by Gasteiger charge is 2.15. The van der Waals surface area contributed by atoms with Crippen LogP contribution in [0.1, 0.15) is 39.6 Å². The molecule has 1 N–H and O–H groups in total. The monoisotopic (exact) mass is 424 g/mol. The number of halogens is 1. The molecule has 0 radical (unpaired) electrons. The van der Waals surface area contributed by atoms with E-state index in [1.807, 2.05) is 48.5 Å². The highest BCUT2D eigenvalue weighted by molar-refractivity contribution is 6.30. The molecule has 30 heavy (non-hydrogen) atoms. The lowest BCUT2D eigenvalue weighted by molar-refractivity contribution is 0.271. The molecule has 4 aromatic rings. The fraction of sp³-hybridized carbons (Fsp3) is 0.273. The van der Waals surface area contributed by atoms with Gasteiger partial charge in [0.15, 0.2) is 5.15 Å². The SMILES string of the molecule is [2H]OC([2H])([2H])c1c(Cl)nc(CCCC)n1Cc1ccc(-c2ccccc2-c2nnn[n-]2)cc1. The maximum Gasteiger partial charge on any atom is 0.211 e. The summed E-state index contributed by atoms with van der Waals surface area (Å²) in [6.45, 7) is 0.0406. The number of benzene rings is 2. The maximum atomic E-state index is 8.08. The van der Waals surface area contributed by atoms with Crippen LogP contribution in [0.2, 0.25) is 5.15 Å². The van der Waals surface area contributed by atoms with Gasteiger partial charge < -0.3 is 14.8 Å². The molecule has 0 unspecified atom stereocenters. The van der Waals surface area contributed by atoms with E-state index in [0.717, 1.165) is 35.1 Å². The average Bonchev–Trinajstić information content (AvgIpc) is 3.46. The molecule has 0 amide bonds. The van der Waals surface area contributed by atoms with Crippen LogP contribution in [0.4, 0.5) is 0 Å². The molecule has 2 heterocycles. The van der Waals surface area contributed by atoms with Gasteiger partial charge in [0.1, 0.15) is 5.82 Å². The number of unbranched alkanes of at least 4 members (excludes halogenated alkanes) is 1. The van der Waals surface area contributed by atoms with Gasteiger partial charge in [-0.2, -0.15) is 5.21 Å². The van der Waals surface area contributed by atoms with Crippen molar-refractivity contribution in [2.24, 2.45) is 0 Å². The van der Waals surface area contributed by atoms with Crippen molar-refractivity contribution in [1.29, 1.82) is 1.43 Å². The van der Waals surface area contributed by atoms with Crippen molar-refractivity contribution in [3.63, 3.8) is 0 Å². The second kappa shape index (κ2) is 9.19. The fourth-order valence-electron chi connectivity index (χ4n) is 3.41. The molecule has 0 spiro atoms. The molecule has 0 aliphatic carbocycles. The molecule has 7 nitrogen and oxygen atoms in total. The minimum Gasteiger partial charge on any atom is -0.390 e. The first kappa shape index (κ1) is 16.7. The molecular weight excluding hydrogens is 400 g/mol. The van der Waals surface area contributed by atoms with Crippen LogP contribution in [0.3, 0.4) is 0 Å². The smallest absolute Gasteiger partial charge is 0.211 e. The minimum absolute atomic E-state index is 0.0146. The highest BCUT2D eigenvalue weighted by Crippen LogP contribution is 2.30. The number of aryl methyl sites for hydroxylation is 1. The number of imidazole rings is 1. The molecule has 0 fully saturated rings. The van der Waals surface area contributed by atoms with Gasteiger partial charge in [-0.15, -0.1) is 0 Å². The summed E-state index contributed by atoms with van der Waals surface area (Å²) in [5.74, 6) is 1.13. The number of hydrogen-bond acceptors (Lipinski definition) is 5. The second-order valence-corrected chi connectivity index (χ2v) is 7.26. The molecular formula is C22H22ClN6O-. The van der Waals surface area contributed by atoms with Crippen LogP contribution in [0.15, 0.2) is 48.5 Å². The van der Waals surface area contributed by atoms with Gasteiger partial charge in [-0.3, -0.25) is 10.3 Å². The normalized spacial score (nSPS) is 13.1. The Morgan fingerprint density at radius 3 is 2.67 bits per heavy atom. The average molecular weight is 425 g/mol. The Hall–Kier alpha value is -3.03. The number of nitrogens with zero attached hydrogens (tertiary/aromatic N) is 6. The van der Waals surface area contributed by atoms with Crippen molar-refractivity contribution in [2.45, 2.75) is 39.3 Å². The van der Waals surface area contributed by atoms with E-state index in [9.17, 15) is 0 Å². The van der Waals surface area contributed by atoms with Gasteiger partial charge in [-0.25, -0.2) is 4.98 Å². The first-order valence-electron chi connectivity index (χ1n) is 11.1. The van der Waals surface area contributed by atoms with Gasteiger partial charge >= 0.3 is 0 Å². The molecule has 4 rings (SSSR count). The Balaban J connectivity index is 1.67. The standard InChI is InChI=1S/C22H22ClN6O/c1-2-3-8-20-24-21(23)19(14-30)29(20)13-15-9-11-16(12-10-15)17-6-4-5-7-18(17)22-25-27-28-26-22/h4-7,9-12,30H,2-3,8,13-14H2,1H3/q-1/i14D2,30D. The fourth-order valence-corrected chi connectivity index (χ4v) is 3.65. The van der Waals surface area contributed by atoms with Gasteiger partial charge in [0.05, 0.1) is 15.0 Å². The van der Waals surface area contributed by atoms with Crippen molar-refractivity contribution in [2.75, 3.05) is 0 Å². The minimum atomic E-state index is -2.38. The van der Waals surface area contributed by atoms with Crippen LogP contribution < -0.4 is 5.10 Å². The third-order valence-electron chi connectivity index (χ3n) is 4.95. The first-order chi connectivity index (χ1) is 15.9. The third-order valence-corrected chi connectivity index (χ3v) is 5.21. The Morgan fingerprint density at radius 1 is 1.17 bits per heavy atom. The van der Waals surface area contributed by atoms with Gasteiger partial charge in [-0.05, 0) is 28.7 Å². The summed E-state index contributed by atoms with van der Waals surface area (Å²) >= 11 is 6.27. The summed E-state index contributed by atoms with van der Waals surface area (Å²) in [6.07, 6.45) is 2.51. The van der Waals surface area contributed by atoms with Crippen molar-refractivity contribution in [1.82, 2.24) is 30.2 Å². The topological polar surface area (TPSA) is 90.8 Å². The van der Waals surface area contributed by atoms with E-state index in [1.54, 1.807) is 4.57 Å². The largest absolute Gasteiger partial charge is 0.390 e. The first-order valence-corrected chi connectivity index (χ1v) is 10.1. The number of aliphatic hydroxyl groups is 1. The Labute approximate surface area is 184 Å². The van der Waals surface area contributed by atoms with Gasteiger partial charge in [0.25, 0.3) is 0 Å². The number of aromatic nitrogens is 6. The summed E-state index contributed by atoms with van der Waals surface area (Å²) in [5.41, 5.74) is 3.74. The maximum absolute atomic E-state index is 8.08. The van der Waals surface area contributed by atoms with Crippen LogP contribution in [0.25, 0.3) is 22.5 Å². The quantitative estimate of drug-likeness (QED) is 0.438. The van der Waals surface area contributed by atoms with Crippen molar-refractivity contribution in [3.05, 3.63) is 70.8 Å². The van der Waals surface area contributed by atoms with E-state index in [0.29, 0.717) is 24.6 Å². The third kappa shape index (κ3) is 4.13. The Bertz CT molecular complexity index is 1210. The van der Waals surface area contributed by atoms with E-state index in [4.69, 9.17) is 15.8 Å². The molecule has 154 valence electrons. The molecule has 0 bridgehead atoms. The van der Waals surface area contributed by atoms with Crippen LogP contribution in [-0.2, 0) is 19.5 Å². The summed E-state index contributed by atoms with van der Waals surface area (Å²) in [4.78, 5) is 4.36. The molecule has 0 aliphatic rings. The van der Waals surface area contributed by atoms with E-state index < -0.39 is 6.56 Å². The van der Waals surface area contributed by atoms with Gasteiger partial charge in [0.2, 0.25) is 1.43 Å². The molecule has 0 aliphatic heterocycles. The van der Waals surface area contributed by atoms with Crippen molar-refractivity contribution >= 4 is 11.6 Å². The van der Waals surface area contributed by atoms with Gasteiger partial charge in [-0.1, -0.05) is 73.5 Å². The number of rotatable bonds is 9. The summed E-state index contributed by atoms with van der Waals surface area (Å²) < 4.78 is 25.0. The van der Waals surface area contributed by atoms with Crippen LogP contribution >= 0.6 is 11.6 Å². The zero-order valence-corrected chi connectivity index (χ0v) is 17.2. The predicted molar refractivity (Wildman–Crippen MR) is 115 cm³/mol. The van der Waals surface area contributed by atoms with E-state index in [1.165, 1.54) is 0 Å². The van der Waals surface area contributed by atoms with E-state index >= 15 is 0 Å². The number of tetrazole rings is 1. The molecule has 2 aromatic heterocycles. The Morgan fingerprint density at radius 2 is 1.97 bits per heavy atom. The second-order valence-electron chi connectivity index (χ2n) is 6.90. The van der Waals surface area contributed by atoms with Crippen LogP contribution in [0.5, 0.6) is 0 Å². The van der Waals surface area contributed by atoms with E-state index in [2.05, 4.69) is 37.6 Å². The predicted octanol–water partition coefficient (Wildman–Crippen LogP) is 3.90. The lowest BCUT2D eigenvalue weighted by Gasteiger charge is -2.13. The van der Waals surface area contributed by atoms with E-state index in [-0.39, 0.29) is 10.8 Å². The molecule has 0 saturated carbocycles. The lowest BCUT2D eigenvalue weighted by atomic mass is 9.98. The summed E-state index contributed by atoms with van der Waals surface area (Å²) in [5, 5.41) is 19.4. The van der Waals surface area contributed by atoms with Gasteiger partial charge in [0, 0.05) is 18.8 Å². The number of hydrogen-bond donors (Lipinski definition) is 1. The molecule has 8 heteroatoms. The molecule has 2 aromatic carbocycles. The zero-order chi connectivity index (χ0) is 23.4. The van der Waals surface area contributed by atoms with Crippen molar-refractivity contribution < 1.29 is 7.85 Å². The summed E-state index contributed by atoms with van der Waals surface area (Å²) in [6, 6.07) is 15.7.